The first-order chi connectivity index (χ1) is 8.20. The molecule has 5 nitrogen and oxygen atoms in total. The molecule has 0 unspecified atom stereocenters. The molecule has 0 bridgehead atoms. The summed E-state index contributed by atoms with van der Waals surface area (Å²) in [6, 6.07) is 0. The Morgan fingerprint density at radius 3 is 2.50 bits per heavy atom. The molecule has 102 valence electrons. The van der Waals surface area contributed by atoms with Gasteiger partial charge in [-0.05, 0) is 39.2 Å². The summed E-state index contributed by atoms with van der Waals surface area (Å²) in [6.07, 6.45) is 0.352. The highest BCUT2D eigenvalue weighted by atomic mass is 19.1. The van der Waals surface area contributed by atoms with E-state index in [1.807, 2.05) is 0 Å². The van der Waals surface area contributed by atoms with Crippen molar-refractivity contribution in [3.8, 4) is 0 Å². The van der Waals surface area contributed by atoms with E-state index in [9.17, 15) is 14.0 Å². The summed E-state index contributed by atoms with van der Waals surface area (Å²) >= 11 is 0. The topological polar surface area (TPSA) is 66.8 Å². The molecule has 0 aromatic heterocycles. The minimum atomic E-state index is -1.59. The molecule has 0 aromatic rings. The molecular formula is C12H18FNO4. The van der Waals surface area contributed by atoms with E-state index in [1.54, 1.807) is 20.8 Å². The number of nitrogens with zero attached hydrogens (tertiary/aromatic N) is 1. The normalized spacial score (nSPS) is 19.4. The third-order valence-electron chi connectivity index (χ3n) is 2.44. The molecule has 1 heterocycles. The summed E-state index contributed by atoms with van der Waals surface area (Å²) < 4.78 is 18.4. The van der Waals surface area contributed by atoms with Crippen molar-refractivity contribution in [2.45, 2.75) is 39.2 Å². The zero-order chi connectivity index (χ0) is 13.9. The summed E-state index contributed by atoms with van der Waals surface area (Å²) in [6.45, 7) is 5.65. The van der Waals surface area contributed by atoms with Gasteiger partial charge in [0.15, 0.2) is 0 Å². The number of likely N-dealkylation sites (tertiary alicyclic amines) is 1. The fourth-order valence-electron chi connectivity index (χ4n) is 1.68. The molecule has 0 radical (unpaired) electrons. The Kier molecular flexibility index (Phi) is 4.32. The van der Waals surface area contributed by atoms with E-state index in [1.165, 1.54) is 4.90 Å². The van der Waals surface area contributed by atoms with Gasteiger partial charge in [-0.25, -0.2) is 9.59 Å². The van der Waals surface area contributed by atoms with E-state index in [-0.39, 0.29) is 12.1 Å². The minimum Gasteiger partial charge on any atom is -0.476 e. The zero-order valence-electron chi connectivity index (χ0n) is 10.8. The number of piperidine rings is 1. The number of carbonyl (C=O) groups excluding carboxylic acids is 1. The number of carbonyl (C=O) groups is 2. The van der Waals surface area contributed by atoms with Crippen LogP contribution in [0, 0.1) is 0 Å². The third kappa shape index (κ3) is 4.01. The Morgan fingerprint density at radius 2 is 2.00 bits per heavy atom. The maximum absolute atomic E-state index is 13.3. The summed E-state index contributed by atoms with van der Waals surface area (Å²) in [5.41, 5.74) is -0.483. The minimum absolute atomic E-state index is 0.0208. The molecule has 1 saturated heterocycles. The van der Waals surface area contributed by atoms with Gasteiger partial charge in [-0.1, -0.05) is 0 Å². The van der Waals surface area contributed by atoms with Crippen molar-refractivity contribution in [3.63, 3.8) is 0 Å². The smallest absolute Gasteiger partial charge is 0.410 e. The van der Waals surface area contributed by atoms with Gasteiger partial charge >= 0.3 is 12.1 Å². The van der Waals surface area contributed by atoms with Crippen LogP contribution in [0.3, 0.4) is 0 Å². The number of aliphatic carboxylic acids is 1. The monoisotopic (exact) mass is 259 g/mol. The molecule has 1 N–H and O–H groups in total. The quantitative estimate of drug-likeness (QED) is 0.734. The maximum Gasteiger partial charge on any atom is 0.410 e. The van der Waals surface area contributed by atoms with Gasteiger partial charge in [0.05, 0.1) is 0 Å². The van der Waals surface area contributed by atoms with Gasteiger partial charge in [0.1, 0.15) is 5.60 Å². The van der Waals surface area contributed by atoms with E-state index >= 15 is 0 Å². The van der Waals surface area contributed by atoms with Crippen LogP contribution >= 0.6 is 0 Å². The van der Waals surface area contributed by atoms with E-state index in [4.69, 9.17) is 9.84 Å². The molecule has 0 aliphatic carbocycles. The Hall–Kier alpha value is -1.59. The molecule has 1 aliphatic heterocycles. The highest BCUT2D eigenvalue weighted by molar-refractivity contribution is 5.85. The zero-order valence-corrected chi connectivity index (χ0v) is 10.8. The van der Waals surface area contributed by atoms with E-state index in [0.717, 1.165) is 0 Å². The van der Waals surface area contributed by atoms with Crippen molar-refractivity contribution in [1.82, 2.24) is 4.90 Å². The lowest BCUT2D eigenvalue weighted by Crippen LogP contribution is -2.41. The lowest BCUT2D eigenvalue weighted by molar-refractivity contribution is -0.134. The Balaban J connectivity index is 2.73. The van der Waals surface area contributed by atoms with Crippen LogP contribution in [0.5, 0.6) is 0 Å². The fraction of sp³-hybridized carbons (Fsp3) is 0.667. The van der Waals surface area contributed by atoms with Crippen molar-refractivity contribution in [3.05, 3.63) is 11.4 Å². The number of carboxylic acids is 1. The molecule has 1 aliphatic rings. The van der Waals surface area contributed by atoms with Crippen LogP contribution < -0.4 is 0 Å². The SMILES string of the molecule is CC(C)(C)OC(=O)N1CCC/C(=C(\F)C(=O)O)C1. The fourth-order valence-corrected chi connectivity index (χ4v) is 1.68. The van der Waals surface area contributed by atoms with Crippen LogP contribution in [-0.2, 0) is 9.53 Å². The predicted molar refractivity (Wildman–Crippen MR) is 62.8 cm³/mol. The number of hydrogen-bond acceptors (Lipinski definition) is 3. The Labute approximate surface area is 105 Å². The molecular weight excluding hydrogens is 241 g/mol. The van der Waals surface area contributed by atoms with E-state index < -0.39 is 23.5 Å². The summed E-state index contributed by atoms with van der Waals surface area (Å²) in [5.74, 6) is -2.75. The molecule has 1 fully saturated rings. The van der Waals surface area contributed by atoms with Crippen molar-refractivity contribution in [1.29, 1.82) is 0 Å². The number of carboxylic acid groups (broad SMARTS) is 1. The number of halogens is 1. The number of hydrogen-bond donors (Lipinski definition) is 1. The number of ether oxygens (including phenoxy) is 1. The second-order valence-corrected chi connectivity index (χ2v) is 5.23. The molecule has 18 heavy (non-hydrogen) atoms. The Bertz CT molecular complexity index is 384. The van der Waals surface area contributed by atoms with Crippen LogP contribution in [0.1, 0.15) is 33.6 Å². The number of amides is 1. The average molecular weight is 259 g/mol. The first-order valence-corrected chi connectivity index (χ1v) is 5.79. The highest BCUT2D eigenvalue weighted by Crippen LogP contribution is 2.22. The average Bonchev–Trinajstić information content (AvgIpc) is 2.25. The third-order valence-corrected chi connectivity index (χ3v) is 2.44. The molecule has 6 heteroatoms. The summed E-state index contributed by atoms with van der Waals surface area (Å²) in [4.78, 5) is 23.6. The second kappa shape index (κ2) is 5.37. The van der Waals surface area contributed by atoms with Crippen LogP contribution in [-0.4, -0.2) is 40.8 Å². The summed E-state index contributed by atoms with van der Waals surface area (Å²) in [5, 5.41) is 8.58. The molecule has 0 aromatic carbocycles. The lowest BCUT2D eigenvalue weighted by Gasteiger charge is -2.31. The van der Waals surface area contributed by atoms with Gasteiger partial charge in [-0.2, -0.15) is 4.39 Å². The van der Waals surface area contributed by atoms with Crippen LogP contribution in [0.2, 0.25) is 0 Å². The van der Waals surface area contributed by atoms with Crippen molar-refractivity contribution in [2.75, 3.05) is 13.1 Å². The van der Waals surface area contributed by atoms with E-state index in [0.29, 0.717) is 19.4 Å². The van der Waals surface area contributed by atoms with Crippen LogP contribution in [0.25, 0.3) is 0 Å². The van der Waals surface area contributed by atoms with Crippen LogP contribution in [0.4, 0.5) is 9.18 Å². The molecule has 1 rings (SSSR count). The molecule has 0 spiro atoms. The number of rotatable bonds is 1. The first kappa shape index (κ1) is 14.5. The second-order valence-electron chi connectivity index (χ2n) is 5.23. The lowest BCUT2D eigenvalue weighted by atomic mass is 10.0. The van der Waals surface area contributed by atoms with Crippen LogP contribution in [0.15, 0.2) is 11.4 Å². The van der Waals surface area contributed by atoms with Crippen molar-refractivity contribution in [2.24, 2.45) is 0 Å². The van der Waals surface area contributed by atoms with Crippen molar-refractivity contribution >= 4 is 12.1 Å². The van der Waals surface area contributed by atoms with Gasteiger partial charge in [0.25, 0.3) is 0 Å². The highest BCUT2D eigenvalue weighted by Gasteiger charge is 2.27. The molecule has 0 atom stereocenters. The summed E-state index contributed by atoms with van der Waals surface area (Å²) in [7, 11) is 0. The van der Waals surface area contributed by atoms with Gasteiger partial charge in [-0.15, -0.1) is 0 Å². The molecule has 0 saturated carbocycles. The van der Waals surface area contributed by atoms with Gasteiger partial charge in [0.2, 0.25) is 5.83 Å². The van der Waals surface area contributed by atoms with Gasteiger partial charge in [-0.3, -0.25) is 0 Å². The Morgan fingerprint density at radius 1 is 1.39 bits per heavy atom. The van der Waals surface area contributed by atoms with Gasteiger partial charge < -0.3 is 14.7 Å². The maximum atomic E-state index is 13.3. The standard InChI is InChI=1S/C12H18FNO4/c1-12(2,3)18-11(17)14-6-4-5-8(7-14)9(13)10(15)16/h4-7H2,1-3H3,(H,15,16)/b9-8+. The van der Waals surface area contributed by atoms with Crippen molar-refractivity contribution < 1.29 is 23.8 Å². The molecule has 1 amide bonds. The van der Waals surface area contributed by atoms with Gasteiger partial charge in [0, 0.05) is 13.1 Å². The van der Waals surface area contributed by atoms with E-state index in [2.05, 4.69) is 0 Å². The largest absolute Gasteiger partial charge is 0.476 e. The predicted octanol–water partition coefficient (Wildman–Crippen LogP) is 2.33. The first-order valence-electron chi connectivity index (χ1n) is 5.79.